The fourth-order valence-corrected chi connectivity index (χ4v) is 2.86. The molecule has 0 fully saturated rings. The molecule has 2 aromatic rings. The van der Waals surface area contributed by atoms with E-state index in [1.807, 2.05) is 11.4 Å². The fraction of sp³-hybridized carbons (Fsp3) is 0.312. The van der Waals surface area contributed by atoms with Gasteiger partial charge in [0.05, 0.1) is 5.69 Å². The van der Waals surface area contributed by atoms with Crippen molar-refractivity contribution in [1.82, 2.24) is 5.32 Å². The quantitative estimate of drug-likeness (QED) is 0.877. The van der Waals surface area contributed by atoms with Gasteiger partial charge in [-0.1, -0.05) is 29.8 Å². The van der Waals surface area contributed by atoms with Crippen molar-refractivity contribution in [2.24, 2.45) is 0 Å². The molecule has 3 nitrogen and oxygen atoms in total. The zero-order valence-electron chi connectivity index (χ0n) is 12.1. The summed E-state index contributed by atoms with van der Waals surface area (Å²) in [6.45, 7) is 6.54. The summed E-state index contributed by atoms with van der Waals surface area (Å²) in [5.74, 6) is -0.0311. The Morgan fingerprint density at radius 1 is 1.35 bits per heavy atom. The van der Waals surface area contributed by atoms with E-state index in [9.17, 15) is 4.79 Å². The molecule has 0 aliphatic rings. The molecule has 1 heterocycles. The molecule has 1 amide bonds. The summed E-state index contributed by atoms with van der Waals surface area (Å²) in [5, 5.41) is 8.36. The molecular weight excluding hydrogens is 268 g/mol. The van der Waals surface area contributed by atoms with Crippen molar-refractivity contribution in [2.45, 2.75) is 33.4 Å². The largest absolute Gasteiger partial charge is 0.325 e. The Hall–Kier alpha value is -1.65. The number of carbonyl (C=O) groups is 1. The van der Waals surface area contributed by atoms with E-state index >= 15 is 0 Å². The lowest BCUT2D eigenvalue weighted by molar-refractivity contribution is -0.114. The Morgan fingerprint density at radius 2 is 2.15 bits per heavy atom. The normalized spacial score (nSPS) is 12.2. The maximum atomic E-state index is 11.1. The van der Waals surface area contributed by atoms with Crippen molar-refractivity contribution in [3.63, 3.8) is 0 Å². The van der Waals surface area contributed by atoms with Crippen molar-refractivity contribution in [3.05, 3.63) is 51.7 Å². The van der Waals surface area contributed by atoms with Crippen LogP contribution in [0.1, 0.15) is 35.9 Å². The third-order valence-electron chi connectivity index (χ3n) is 3.17. The molecule has 0 bridgehead atoms. The lowest BCUT2D eigenvalue weighted by atomic mass is 10.1. The summed E-state index contributed by atoms with van der Waals surface area (Å²) in [5.41, 5.74) is 3.46. The zero-order chi connectivity index (χ0) is 14.5. The van der Waals surface area contributed by atoms with Gasteiger partial charge in [0, 0.05) is 24.4 Å². The molecule has 20 heavy (non-hydrogen) atoms. The first kappa shape index (κ1) is 14.8. The SMILES string of the molecule is CC(=O)Nc1ccsc1CN[C@@H](C)c1cccc(C)c1. The predicted molar refractivity (Wildman–Crippen MR) is 85.1 cm³/mol. The average Bonchev–Trinajstić information content (AvgIpc) is 2.82. The van der Waals surface area contributed by atoms with Crippen LogP contribution in [0.3, 0.4) is 0 Å². The van der Waals surface area contributed by atoms with Crippen LogP contribution in [0, 0.1) is 6.92 Å². The molecule has 4 heteroatoms. The van der Waals surface area contributed by atoms with Crippen LogP contribution in [0.25, 0.3) is 0 Å². The molecule has 0 saturated carbocycles. The molecule has 0 saturated heterocycles. The van der Waals surface area contributed by atoms with Gasteiger partial charge in [0.25, 0.3) is 0 Å². The van der Waals surface area contributed by atoms with E-state index in [-0.39, 0.29) is 11.9 Å². The van der Waals surface area contributed by atoms with Crippen LogP contribution in [0.2, 0.25) is 0 Å². The average molecular weight is 288 g/mol. The van der Waals surface area contributed by atoms with E-state index in [0.717, 1.165) is 17.1 Å². The highest BCUT2D eigenvalue weighted by atomic mass is 32.1. The van der Waals surface area contributed by atoms with E-state index in [1.54, 1.807) is 11.3 Å². The van der Waals surface area contributed by atoms with Gasteiger partial charge in [-0.05, 0) is 30.9 Å². The molecule has 1 aromatic heterocycles. The third-order valence-corrected chi connectivity index (χ3v) is 4.09. The minimum absolute atomic E-state index is 0.0311. The number of hydrogen-bond donors (Lipinski definition) is 2. The number of amides is 1. The number of carbonyl (C=O) groups excluding carboxylic acids is 1. The highest BCUT2D eigenvalue weighted by molar-refractivity contribution is 7.10. The molecule has 0 aliphatic heterocycles. The van der Waals surface area contributed by atoms with Gasteiger partial charge in [-0.3, -0.25) is 4.79 Å². The van der Waals surface area contributed by atoms with Gasteiger partial charge >= 0.3 is 0 Å². The highest BCUT2D eigenvalue weighted by Crippen LogP contribution is 2.23. The Balaban J connectivity index is 1.98. The van der Waals surface area contributed by atoms with E-state index in [2.05, 4.69) is 48.7 Å². The second-order valence-corrected chi connectivity index (χ2v) is 5.96. The van der Waals surface area contributed by atoms with Crippen molar-refractivity contribution in [2.75, 3.05) is 5.32 Å². The second-order valence-electron chi connectivity index (χ2n) is 4.96. The summed E-state index contributed by atoms with van der Waals surface area (Å²) in [6, 6.07) is 10.7. The zero-order valence-corrected chi connectivity index (χ0v) is 12.9. The third kappa shape index (κ3) is 3.92. The van der Waals surface area contributed by atoms with Crippen LogP contribution >= 0.6 is 11.3 Å². The van der Waals surface area contributed by atoms with Crippen LogP contribution in [-0.2, 0) is 11.3 Å². The molecule has 1 aromatic carbocycles. The highest BCUT2D eigenvalue weighted by Gasteiger charge is 2.09. The first-order valence-corrected chi connectivity index (χ1v) is 7.58. The molecule has 0 spiro atoms. The van der Waals surface area contributed by atoms with Crippen LogP contribution in [0.5, 0.6) is 0 Å². The number of benzene rings is 1. The van der Waals surface area contributed by atoms with E-state index in [4.69, 9.17) is 0 Å². The minimum atomic E-state index is -0.0311. The van der Waals surface area contributed by atoms with Gasteiger partial charge in [-0.25, -0.2) is 0 Å². The van der Waals surface area contributed by atoms with E-state index in [0.29, 0.717) is 0 Å². The van der Waals surface area contributed by atoms with E-state index in [1.165, 1.54) is 18.1 Å². The number of hydrogen-bond acceptors (Lipinski definition) is 3. The first-order chi connectivity index (χ1) is 9.56. The molecule has 0 aliphatic carbocycles. The monoisotopic (exact) mass is 288 g/mol. The summed E-state index contributed by atoms with van der Waals surface area (Å²) >= 11 is 1.65. The van der Waals surface area contributed by atoms with Gasteiger partial charge in [0.2, 0.25) is 5.91 Å². The van der Waals surface area contributed by atoms with Crippen molar-refractivity contribution < 1.29 is 4.79 Å². The minimum Gasteiger partial charge on any atom is -0.325 e. The number of aryl methyl sites for hydroxylation is 1. The second kappa shape index (κ2) is 6.68. The number of nitrogens with one attached hydrogen (secondary N) is 2. The summed E-state index contributed by atoms with van der Waals surface area (Å²) in [4.78, 5) is 12.3. The lowest BCUT2D eigenvalue weighted by Crippen LogP contribution is -2.18. The molecule has 2 rings (SSSR count). The van der Waals surface area contributed by atoms with E-state index < -0.39 is 0 Å². The lowest BCUT2D eigenvalue weighted by Gasteiger charge is -2.15. The van der Waals surface area contributed by atoms with Crippen molar-refractivity contribution in [1.29, 1.82) is 0 Å². The van der Waals surface area contributed by atoms with Crippen LogP contribution in [-0.4, -0.2) is 5.91 Å². The fourth-order valence-electron chi connectivity index (χ4n) is 2.08. The number of thiophene rings is 1. The molecule has 0 unspecified atom stereocenters. The van der Waals surface area contributed by atoms with Gasteiger partial charge in [-0.2, -0.15) is 0 Å². The summed E-state index contributed by atoms with van der Waals surface area (Å²) in [6.07, 6.45) is 0. The Morgan fingerprint density at radius 3 is 2.85 bits per heavy atom. The molecule has 2 N–H and O–H groups in total. The maximum Gasteiger partial charge on any atom is 0.221 e. The number of rotatable bonds is 5. The Kier molecular flexibility index (Phi) is 4.93. The standard InChI is InChI=1S/C16H20N2OS/c1-11-5-4-6-14(9-11)12(2)17-10-16-15(7-8-20-16)18-13(3)19/h4-9,12,17H,10H2,1-3H3,(H,18,19)/t12-/m0/s1. The maximum absolute atomic E-state index is 11.1. The smallest absolute Gasteiger partial charge is 0.221 e. The van der Waals surface area contributed by atoms with Crippen molar-refractivity contribution >= 4 is 22.9 Å². The van der Waals surface area contributed by atoms with Crippen molar-refractivity contribution in [3.8, 4) is 0 Å². The molecule has 1 atom stereocenters. The number of anilines is 1. The summed E-state index contributed by atoms with van der Waals surface area (Å²) < 4.78 is 0. The molecule has 106 valence electrons. The van der Waals surface area contributed by atoms with Crippen LogP contribution < -0.4 is 10.6 Å². The van der Waals surface area contributed by atoms with Gasteiger partial charge in [0.15, 0.2) is 0 Å². The molecular formula is C16H20N2OS. The van der Waals surface area contributed by atoms with Gasteiger partial charge in [-0.15, -0.1) is 11.3 Å². The van der Waals surface area contributed by atoms with Gasteiger partial charge < -0.3 is 10.6 Å². The Labute approximate surface area is 124 Å². The topological polar surface area (TPSA) is 41.1 Å². The Bertz CT molecular complexity index is 592. The first-order valence-electron chi connectivity index (χ1n) is 6.70. The van der Waals surface area contributed by atoms with Gasteiger partial charge in [0.1, 0.15) is 0 Å². The summed E-state index contributed by atoms with van der Waals surface area (Å²) in [7, 11) is 0. The predicted octanol–water partition coefficient (Wildman–Crippen LogP) is 3.87. The van der Waals surface area contributed by atoms with Crippen LogP contribution in [0.15, 0.2) is 35.7 Å². The van der Waals surface area contributed by atoms with Crippen LogP contribution in [0.4, 0.5) is 5.69 Å². The molecule has 0 radical (unpaired) electrons.